The summed E-state index contributed by atoms with van der Waals surface area (Å²) >= 11 is 0. The molecule has 0 spiro atoms. The third-order valence-electron chi connectivity index (χ3n) is 8.58. The van der Waals surface area contributed by atoms with Gasteiger partial charge in [-0.05, 0) is 69.1 Å². The highest BCUT2D eigenvalue weighted by atomic mass is 16.5. The van der Waals surface area contributed by atoms with Gasteiger partial charge in [0.1, 0.15) is 34.4 Å². The molecule has 0 saturated carbocycles. The molecule has 2 aliphatic heterocycles. The number of hydrogen-bond acceptors (Lipinski definition) is 9. The minimum absolute atomic E-state index is 0.0650. The number of benzene rings is 1. The molecule has 1 amide bonds. The van der Waals surface area contributed by atoms with Crippen LogP contribution in [0.25, 0.3) is 34.2 Å². The van der Waals surface area contributed by atoms with Crippen LogP contribution < -0.4 is 0 Å². The van der Waals surface area contributed by atoms with Gasteiger partial charge in [0.05, 0.1) is 35.9 Å². The maximum atomic E-state index is 13.5. The highest BCUT2D eigenvalue weighted by molar-refractivity contribution is 5.83. The zero-order valence-electron chi connectivity index (χ0n) is 24.7. The number of methoxy groups -OCH3 is 1. The average molecular weight is 591 g/mol. The van der Waals surface area contributed by atoms with E-state index in [0.29, 0.717) is 29.7 Å². The number of nitrogens with zero attached hydrogens (tertiary/aromatic N) is 8. The average Bonchev–Trinajstić information content (AvgIpc) is 3.89. The number of aromatic amines is 2. The van der Waals surface area contributed by atoms with Crippen molar-refractivity contribution in [2.24, 2.45) is 0 Å². The number of H-pyrrole nitrogens is 2. The monoisotopic (exact) mass is 590 g/mol. The maximum absolute atomic E-state index is 13.5. The molecule has 3 atom stereocenters. The molecule has 2 saturated heterocycles. The normalized spacial score (nSPS) is 19.5. The Kier molecular flexibility index (Phi) is 7.67. The van der Waals surface area contributed by atoms with E-state index < -0.39 is 6.10 Å². The standard InChI is InChI=1S/C32H34N10O2/c1-41-16-6-10-27(41)30-33-18-25(35-30)23-14-12-21(37-39-23)22-13-15-24(40-38-22)26-19-34-31(36-26)28-11-7-17-42(28)32(43)29(44-2)20-8-4-3-5-9-20/h3-5,8-9,12-15,18-19,27-29H,6-7,10-11,16-17H2,1-2H3,(H,33,35)(H,34,36)/t27-,28-,29?/m0/s1. The van der Waals surface area contributed by atoms with Gasteiger partial charge >= 0.3 is 0 Å². The fourth-order valence-electron chi connectivity index (χ4n) is 6.23. The lowest BCUT2D eigenvalue weighted by atomic mass is 10.1. The van der Waals surface area contributed by atoms with Crippen molar-refractivity contribution < 1.29 is 9.53 Å². The van der Waals surface area contributed by atoms with Gasteiger partial charge in [-0.25, -0.2) is 9.97 Å². The molecule has 0 bridgehead atoms. The van der Waals surface area contributed by atoms with Gasteiger partial charge < -0.3 is 19.6 Å². The quantitative estimate of drug-likeness (QED) is 0.267. The number of ether oxygens (including phenoxy) is 1. The molecule has 1 aromatic carbocycles. The number of hydrogen-bond donors (Lipinski definition) is 2. The van der Waals surface area contributed by atoms with Crippen molar-refractivity contribution >= 4 is 5.91 Å². The number of amides is 1. The van der Waals surface area contributed by atoms with Crippen molar-refractivity contribution in [3.63, 3.8) is 0 Å². The molecule has 2 aliphatic rings. The summed E-state index contributed by atoms with van der Waals surface area (Å²) in [5.41, 5.74) is 5.02. The summed E-state index contributed by atoms with van der Waals surface area (Å²) in [4.78, 5) is 33.7. The van der Waals surface area contributed by atoms with Gasteiger partial charge in [0.25, 0.3) is 5.91 Å². The van der Waals surface area contributed by atoms with Crippen LogP contribution in [0, 0.1) is 0 Å². The van der Waals surface area contributed by atoms with Crippen LogP contribution in [-0.2, 0) is 9.53 Å². The van der Waals surface area contributed by atoms with Gasteiger partial charge in [-0.3, -0.25) is 9.69 Å². The Morgan fingerprint density at radius 2 is 1.32 bits per heavy atom. The summed E-state index contributed by atoms with van der Waals surface area (Å²) in [5.74, 6) is 1.63. The van der Waals surface area contributed by atoms with Gasteiger partial charge in [-0.2, -0.15) is 0 Å². The second-order valence-corrected chi connectivity index (χ2v) is 11.3. The summed E-state index contributed by atoms with van der Waals surface area (Å²) in [5, 5.41) is 17.6. The van der Waals surface area contributed by atoms with Gasteiger partial charge in [0.15, 0.2) is 6.10 Å². The van der Waals surface area contributed by atoms with Crippen molar-refractivity contribution in [2.45, 2.75) is 43.9 Å². The number of carbonyl (C=O) groups is 1. The molecule has 44 heavy (non-hydrogen) atoms. The van der Waals surface area contributed by atoms with Crippen molar-refractivity contribution in [3.05, 3.63) is 84.2 Å². The zero-order chi connectivity index (χ0) is 30.0. The third kappa shape index (κ3) is 5.38. The second kappa shape index (κ2) is 12.1. The van der Waals surface area contributed by atoms with Crippen LogP contribution in [0.1, 0.15) is 61.1 Å². The van der Waals surface area contributed by atoms with Crippen LogP contribution in [-0.4, -0.2) is 83.3 Å². The molecule has 12 nitrogen and oxygen atoms in total. The SMILES string of the molecule is COC(C(=O)N1CCC[C@H]1c1ncc(-c2ccc(-c3ccc(-c4cnc([C@@H]5CCCN5C)[nH]4)nn3)nn2)[nH]1)c1ccccc1. The number of nitrogens with one attached hydrogen (secondary N) is 2. The summed E-state index contributed by atoms with van der Waals surface area (Å²) in [7, 11) is 3.70. The molecule has 6 heterocycles. The second-order valence-electron chi connectivity index (χ2n) is 11.3. The third-order valence-corrected chi connectivity index (χ3v) is 8.58. The van der Waals surface area contributed by atoms with Gasteiger partial charge in [-0.1, -0.05) is 30.3 Å². The fraction of sp³-hybridized carbons (Fsp3) is 0.344. The van der Waals surface area contributed by atoms with E-state index in [1.165, 1.54) is 6.42 Å². The van der Waals surface area contributed by atoms with Gasteiger partial charge in [-0.15, -0.1) is 20.4 Å². The van der Waals surface area contributed by atoms with E-state index in [1.54, 1.807) is 13.3 Å². The minimum Gasteiger partial charge on any atom is -0.367 e. The number of rotatable bonds is 8. The smallest absolute Gasteiger partial charge is 0.256 e. The summed E-state index contributed by atoms with van der Waals surface area (Å²) in [6.07, 6.45) is 6.90. The van der Waals surface area contributed by atoms with E-state index in [0.717, 1.165) is 60.1 Å². The van der Waals surface area contributed by atoms with Crippen LogP contribution in [0.3, 0.4) is 0 Å². The van der Waals surface area contributed by atoms with Crippen LogP contribution >= 0.6 is 0 Å². The Morgan fingerprint density at radius 1 is 0.773 bits per heavy atom. The molecule has 2 N–H and O–H groups in total. The maximum Gasteiger partial charge on any atom is 0.256 e. The topological polar surface area (TPSA) is 142 Å². The molecular formula is C32H34N10O2. The minimum atomic E-state index is -0.655. The van der Waals surface area contributed by atoms with Crippen molar-refractivity contribution in [3.8, 4) is 34.2 Å². The lowest BCUT2D eigenvalue weighted by Crippen LogP contribution is -2.35. The number of carbonyl (C=O) groups excluding carboxylic acids is 1. The summed E-state index contributed by atoms with van der Waals surface area (Å²) in [6.45, 7) is 1.74. The number of likely N-dealkylation sites (tertiary alicyclic amines) is 2. The summed E-state index contributed by atoms with van der Waals surface area (Å²) < 4.78 is 5.61. The first-order valence-corrected chi connectivity index (χ1v) is 15.0. The first-order valence-electron chi connectivity index (χ1n) is 15.0. The van der Waals surface area contributed by atoms with Crippen molar-refractivity contribution in [1.82, 2.24) is 50.1 Å². The van der Waals surface area contributed by atoms with E-state index in [4.69, 9.17) is 4.74 Å². The molecule has 0 aliphatic carbocycles. The predicted molar refractivity (Wildman–Crippen MR) is 163 cm³/mol. The molecule has 0 radical (unpaired) electrons. The molecule has 224 valence electrons. The molecule has 2 fully saturated rings. The van der Waals surface area contributed by atoms with E-state index in [-0.39, 0.29) is 11.9 Å². The summed E-state index contributed by atoms with van der Waals surface area (Å²) in [6, 6.07) is 17.3. The molecular weight excluding hydrogens is 556 g/mol. The first-order chi connectivity index (χ1) is 21.6. The lowest BCUT2D eigenvalue weighted by molar-refractivity contribution is -0.143. The van der Waals surface area contributed by atoms with E-state index in [9.17, 15) is 4.79 Å². The largest absolute Gasteiger partial charge is 0.367 e. The highest BCUT2D eigenvalue weighted by Gasteiger charge is 2.36. The lowest BCUT2D eigenvalue weighted by Gasteiger charge is -2.27. The molecule has 5 aromatic rings. The number of aromatic nitrogens is 8. The Hall–Kier alpha value is -4.81. The Labute approximate surface area is 254 Å². The van der Waals surface area contributed by atoms with Crippen LogP contribution in [0.5, 0.6) is 0 Å². The Bertz CT molecular complexity index is 1720. The Morgan fingerprint density at radius 3 is 1.86 bits per heavy atom. The zero-order valence-corrected chi connectivity index (χ0v) is 24.7. The highest BCUT2D eigenvalue weighted by Crippen LogP contribution is 2.35. The molecule has 4 aromatic heterocycles. The van der Waals surface area contributed by atoms with Gasteiger partial charge in [0, 0.05) is 13.7 Å². The van der Waals surface area contributed by atoms with Crippen LogP contribution in [0.4, 0.5) is 0 Å². The molecule has 7 rings (SSSR count). The van der Waals surface area contributed by atoms with Crippen molar-refractivity contribution in [1.29, 1.82) is 0 Å². The van der Waals surface area contributed by atoms with Gasteiger partial charge in [0.2, 0.25) is 0 Å². The van der Waals surface area contributed by atoms with E-state index in [1.807, 2.05) is 65.7 Å². The molecule has 1 unspecified atom stereocenters. The molecule has 12 heteroatoms. The van der Waals surface area contributed by atoms with Crippen LogP contribution in [0.15, 0.2) is 67.0 Å². The number of imidazole rings is 2. The van der Waals surface area contributed by atoms with E-state index in [2.05, 4.69) is 52.3 Å². The first kappa shape index (κ1) is 28.0. The predicted octanol–water partition coefficient (Wildman–Crippen LogP) is 4.53. The Balaban J connectivity index is 1.03. The van der Waals surface area contributed by atoms with E-state index >= 15 is 0 Å². The van der Waals surface area contributed by atoms with Crippen LogP contribution in [0.2, 0.25) is 0 Å². The fourth-order valence-corrected chi connectivity index (χ4v) is 6.23. The van der Waals surface area contributed by atoms with Crippen molar-refractivity contribution in [2.75, 3.05) is 27.2 Å².